The fourth-order valence-corrected chi connectivity index (χ4v) is 6.65. The molecule has 3 nitrogen and oxygen atoms in total. The van der Waals surface area contributed by atoms with E-state index in [2.05, 4.69) is 67.7 Å². The van der Waals surface area contributed by atoms with Crippen molar-refractivity contribution >= 4 is 16.6 Å². The first-order valence-corrected chi connectivity index (χ1v) is 15.9. The molecule has 0 heterocycles. The summed E-state index contributed by atoms with van der Waals surface area (Å²) in [5, 5.41) is 11.1. The molecule has 25 heavy (non-hydrogen) atoms. The third-order valence-corrected chi connectivity index (χ3v) is 16.6. The van der Waals surface area contributed by atoms with Crippen LogP contribution in [0.2, 0.25) is 36.3 Å². The van der Waals surface area contributed by atoms with Crippen molar-refractivity contribution < 1.29 is 14.0 Å². The predicted molar refractivity (Wildman–Crippen MR) is 111 cm³/mol. The summed E-state index contributed by atoms with van der Waals surface area (Å²) >= 11 is 0. The van der Waals surface area contributed by atoms with Gasteiger partial charge in [0.15, 0.2) is 16.6 Å². The zero-order valence-corrected chi connectivity index (χ0v) is 20.3. The molecule has 0 aromatic heterocycles. The van der Waals surface area contributed by atoms with Crippen LogP contribution < -0.4 is 0 Å². The second-order valence-electron chi connectivity index (χ2n) is 11.5. The fraction of sp³-hybridized carbons (Fsp3) is 1.00. The van der Waals surface area contributed by atoms with Crippen molar-refractivity contribution in [2.45, 2.75) is 115 Å². The van der Waals surface area contributed by atoms with Gasteiger partial charge in [0, 0.05) is 6.10 Å². The Morgan fingerprint density at radius 1 is 0.720 bits per heavy atom. The van der Waals surface area contributed by atoms with Crippen LogP contribution in [0.3, 0.4) is 0 Å². The van der Waals surface area contributed by atoms with Gasteiger partial charge in [-0.3, -0.25) is 0 Å². The Labute approximate surface area is 158 Å². The van der Waals surface area contributed by atoms with Gasteiger partial charge in [-0.1, -0.05) is 41.5 Å². The lowest BCUT2D eigenvalue weighted by molar-refractivity contribution is 0.0945. The third-order valence-electron chi connectivity index (χ3n) is 7.59. The van der Waals surface area contributed by atoms with Gasteiger partial charge in [-0.2, -0.15) is 0 Å². The van der Waals surface area contributed by atoms with Crippen LogP contribution >= 0.6 is 0 Å². The largest absolute Gasteiger partial charge is 0.414 e. The number of rotatable bonds is 4. The van der Waals surface area contributed by atoms with Crippen LogP contribution in [-0.2, 0) is 8.85 Å². The highest BCUT2D eigenvalue weighted by atomic mass is 28.4. The van der Waals surface area contributed by atoms with Gasteiger partial charge in [-0.05, 0) is 67.4 Å². The van der Waals surface area contributed by atoms with Gasteiger partial charge in [0.05, 0.1) is 12.2 Å². The fourth-order valence-electron chi connectivity index (χ4n) is 3.89. The lowest BCUT2D eigenvalue weighted by Gasteiger charge is -2.40. The van der Waals surface area contributed by atoms with E-state index in [-0.39, 0.29) is 22.3 Å². The van der Waals surface area contributed by atoms with Gasteiger partial charge in [-0.15, -0.1) is 0 Å². The second-order valence-corrected chi connectivity index (χ2v) is 21.0. The summed E-state index contributed by atoms with van der Waals surface area (Å²) < 4.78 is 13.4. The molecule has 0 saturated heterocycles. The third kappa shape index (κ3) is 4.42. The molecule has 0 spiro atoms. The summed E-state index contributed by atoms with van der Waals surface area (Å²) in [5.41, 5.74) is 0. The molecule has 5 atom stereocenters. The molecule has 2 fully saturated rings. The highest BCUT2D eigenvalue weighted by Gasteiger charge is 2.53. The van der Waals surface area contributed by atoms with Crippen molar-refractivity contribution in [1.29, 1.82) is 0 Å². The van der Waals surface area contributed by atoms with Gasteiger partial charge >= 0.3 is 0 Å². The molecular formula is C20H42O3Si2. The van der Waals surface area contributed by atoms with Gasteiger partial charge in [0.2, 0.25) is 0 Å². The van der Waals surface area contributed by atoms with E-state index in [1.165, 1.54) is 0 Å². The van der Waals surface area contributed by atoms with Crippen molar-refractivity contribution in [2.24, 2.45) is 11.8 Å². The minimum Gasteiger partial charge on any atom is -0.414 e. The summed E-state index contributed by atoms with van der Waals surface area (Å²) in [6.45, 7) is 23.1. The van der Waals surface area contributed by atoms with Crippen LogP contribution in [0, 0.1) is 11.8 Å². The smallest absolute Gasteiger partial charge is 0.192 e. The molecule has 2 rings (SSSR count). The number of hydrogen-bond acceptors (Lipinski definition) is 3. The molecule has 2 saturated carbocycles. The summed E-state index contributed by atoms with van der Waals surface area (Å²) in [7, 11) is -3.55. The maximum Gasteiger partial charge on any atom is 0.192 e. The zero-order valence-electron chi connectivity index (χ0n) is 18.3. The quantitative estimate of drug-likeness (QED) is 0.643. The van der Waals surface area contributed by atoms with Crippen LogP contribution in [0.15, 0.2) is 0 Å². The van der Waals surface area contributed by atoms with Crippen LogP contribution in [0.1, 0.15) is 60.8 Å². The molecular weight excluding hydrogens is 344 g/mol. The van der Waals surface area contributed by atoms with E-state index < -0.39 is 16.6 Å². The lowest BCUT2D eigenvalue weighted by atomic mass is 9.98. The molecule has 0 aliphatic heterocycles. The van der Waals surface area contributed by atoms with E-state index in [4.69, 9.17) is 8.85 Å². The first-order valence-electron chi connectivity index (χ1n) is 10.1. The van der Waals surface area contributed by atoms with E-state index in [1.807, 2.05) is 0 Å². The van der Waals surface area contributed by atoms with Crippen LogP contribution in [0.4, 0.5) is 0 Å². The predicted octanol–water partition coefficient (Wildman–Crippen LogP) is 5.56. The average Bonchev–Trinajstić information content (AvgIpc) is 2.88. The minimum absolute atomic E-state index is 0.214. The minimum atomic E-state index is -1.80. The number of hydrogen-bond donors (Lipinski definition) is 1. The molecule has 0 aromatic rings. The maximum atomic E-state index is 10.6. The Kier molecular flexibility index (Phi) is 5.82. The molecule has 0 amide bonds. The van der Waals surface area contributed by atoms with E-state index in [0.717, 1.165) is 19.3 Å². The molecule has 5 heteroatoms. The average molecular weight is 387 g/mol. The molecule has 0 aromatic carbocycles. The SMILES string of the molecule is CC(C)(C)[Si](C)(C)O[C@H]1CC2C(C1)[C@H](O[Si](C)(C)C(C)(C)C)C[C@@H]2O. The van der Waals surface area contributed by atoms with Crippen LogP contribution in [0.5, 0.6) is 0 Å². The number of aliphatic hydroxyl groups is 1. The summed E-state index contributed by atoms with van der Waals surface area (Å²) in [6.07, 6.45) is 3.19. The first-order chi connectivity index (χ1) is 11.1. The van der Waals surface area contributed by atoms with Gasteiger partial charge in [0.25, 0.3) is 0 Å². The lowest BCUT2D eigenvalue weighted by Crippen LogP contribution is -2.45. The molecule has 1 N–H and O–H groups in total. The van der Waals surface area contributed by atoms with Crippen molar-refractivity contribution in [2.75, 3.05) is 0 Å². The monoisotopic (exact) mass is 386 g/mol. The first kappa shape index (κ1) is 21.6. The standard InChI is InChI=1S/C20H42O3Si2/c1-19(2,3)24(7,8)22-14-11-15-16(12-14)18(13-17(15)21)23-25(9,10)20(4,5)6/h14-18,21H,11-13H2,1-10H3/t14-,15?,16?,17-,18+/m0/s1. The van der Waals surface area contributed by atoms with E-state index in [1.54, 1.807) is 0 Å². The Hall–Kier alpha value is 0.314. The number of aliphatic hydroxyl groups excluding tert-OH is 1. The van der Waals surface area contributed by atoms with Crippen molar-refractivity contribution in [3.8, 4) is 0 Å². The maximum absolute atomic E-state index is 10.6. The second kappa shape index (κ2) is 6.73. The molecule has 148 valence electrons. The topological polar surface area (TPSA) is 38.7 Å². The van der Waals surface area contributed by atoms with Crippen molar-refractivity contribution in [1.82, 2.24) is 0 Å². The summed E-state index contributed by atoms with van der Waals surface area (Å²) in [5.74, 6) is 0.837. The van der Waals surface area contributed by atoms with Crippen LogP contribution in [0.25, 0.3) is 0 Å². The zero-order chi connectivity index (χ0) is 19.4. The summed E-state index contributed by atoms with van der Waals surface area (Å²) in [6, 6.07) is 0. The highest BCUT2D eigenvalue weighted by molar-refractivity contribution is 6.74. The Morgan fingerprint density at radius 3 is 1.64 bits per heavy atom. The molecule has 0 radical (unpaired) electrons. The molecule has 2 unspecified atom stereocenters. The highest BCUT2D eigenvalue weighted by Crippen LogP contribution is 2.50. The van der Waals surface area contributed by atoms with Crippen molar-refractivity contribution in [3.05, 3.63) is 0 Å². The normalized spacial score (nSPS) is 34.4. The van der Waals surface area contributed by atoms with Gasteiger partial charge in [-0.25, -0.2) is 0 Å². The Balaban J connectivity index is 2.06. The van der Waals surface area contributed by atoms with E-state index in [0.29, 0.717) is 17.9 Å². The Morgan fingerprint density at radius 2 is 1.16 bits per heavy atom. The number of fused-ring (bicyclic) bond motifs is 1. The van der Waals surface area contributed by atoms with Gasteiger partial charge < -0.3 is 14.0 Å². The van der Waals surface area contributed by atoms with E-state index in [9.17, 15) is 5.11 Å². The van der Waals surface area contributed by atoms with Gasteiger partial charge in [0.1, 0.15) is 0 Å². The Bertz CT molecular complexity index is 476. The van der Waals surface area contributed by atoms with E-state index >= 15 is 0 Å². The molecule has 0 bridgehead atoms. The summed E-state index contributed by atoms with van der Waals surface area (Å²) in [4.78, 5) is 0. The van der Waals surface area contributed by atoms with Crippen LogP contribution in [-0.4, -0.2) is 40.1 Å². The molecule has 2 aliphatic rings. The molecule has 2 aliphatic carbocycles. The van der Waals surface area contributed by atoms with Crippen molar-refractivity contribution in [3.63, 3.8) is 0 Å².